The topological polar surface area (TPSA) is 75.1 Å². The smallest absolute Gasteiger partial charge is 0.323 e. The molecule has 2 N–H and O–H groups in total. The quantitative estimate of drug-likeness (QED) is 0.508. The Balaban J connectivity index is 1.66. The van der Waals surface area contributed by atoms with Gasteiger partial charge in [0.2, 0.25) is 0 Å². The van der Waals surface area contributed by atoms with Gasteiger partial charge in [-0.3, -0.25) is 10.1 Å². The largest absolute Gasteiger partial charge is 0.480 e. The van der Waals surface area contributed by atoms with Gasteiger partial charge in [0.15, 0.2) is 4.34 Å². The lowest BCUT2D eigenvalue weighted by Gasteiger charge is -2.26. The fourth-order valence-electron chi connectivity index (χ4n) is 2.10. The molecule has 21 heavy (non-hydrogen) atoms. The highest BCUT2D eigenvalue weighted by molar-refractivity contribution is 8.00. The van der Waals surface area contributed by atoms with Crippen LogP contribution >= 0.6 is 23.3 Å². The highest BCUT2D eigenvalue weighted by Crippen LogP contribution is 2.26. The highest BCUT2D eigenvalue weighted by Gasteiger charge is 2.37. The van der Waals surface area contributed by atoms with E-state index in [1.807, 2.05) is 0 Å². The van der Waals surface area contributed by atoms with E-state index in [1.165, 1.54) is 11.5 Å². The van der Waals surface area contributed by atoms with Gasteiger partial charge in [-0.25, -0.2) is 4.98 Å². The van der Waals surface area contributed by atoms with Crippen molar-refractivity contribution in [1.29, 1.82) is 0 Å². The van der Waals surface area contributed by atoms with E-state index in [2.05, 4.69) is 21.6 Å². The molecular formula is C14H23N3O2S2. The average molecular weight is 329 g/mol. The molecule has 0 radical (unpaired) electrons. The van der Waals surface area contributed by atoms with Crippen LogP contribution in [0.5, 0.6) is 0 Å². The van der Waals surface area contributed by atoms with Crippen molar-refractivity contribution in [3.8, 4) is 0 Å². The second-order valence-corrected chi connectivity index (χ2v) is 7.79. The first-order valence-corrected chi connectivity index (χ1v) is 9.26. The van der Waals surface area contributed by atoms with Crippen molar-refractivity contribution in [2.75, 3.05) is 5.75 Å². The van der Waals surface area contributed by atoms with Crippen LogP contribution in [0.25, 0.3) is 0 Å². The van der Waals surface area contributed by atoms with Crippen molar-refractivity contribution in [3.05, 3.63) is 5.82 Å². The van der Waals surface area contributed by atoms with Gasteiger partial charge in [0, 0.05) is 18.2 Å². The number of nitrogens with zero attached hydrogens (tertiary/aromatic N) is 2. The number of hydrogen-bond acceptors (Lipinski definition) is 6. The molecule has 118 valence electrons. The molecule has 0 aliphatic heterocycles. The SMILES string of the molecule is CCc1nsc(SCCCCC(C)(NC2CC2)C(=O)O)n1. The first-order valence-electron chi connectivity index (χ1n) is 7.50. The van der Waals surface area contributed by atoms with Crippen LogP contribution in [0.4, 0.5) is 0 Å². The fourth-order valence-corrected chi connectivity index (χ4v) is 3.86. The van der Waals surface area contributed by atoms with Gasteiger partial charge in [-0.1, -0.05) is 25.1 Å². The van der Waals surface area contributed by atoms with E-state index in [0.29, 0.717) is 12.5 Å². The summed E-state index contributed by atoms with van der Waals surface area (Å²) in [5.41, 5.74) is -0.774. The second kappa shape index (κ2) is 7.56. The van der Waals surface area contributed by atoms with Crippen LogP contribution in [0.15, 0.2) is 4.34 Å². The molecule has 0 amide bonds. The van der Waals surface area contributed by atoms with Gasteiger partial charge < -0.3 is 5.11 Å². The van der Waals surface area contributed by atoms with Crippen LogP contribution in [-0.4, -0.2) is 37.8 Å². The molecule has 1 aliphatic rings. The van der Waals surface area contributed by atoms with Gasteiger partial charge in [-0.2, -0.15) is 4.37 Å². The van der Waals surface area contributed by atoms with Crippen LogP contribution in [0.3, 0.4) is 0 Å². The molecule has 0 aromatic carbocycles. The Bertz CT molecular complexity index is 477. The fraction of sp³-hybridized carbons (Fsp3) is 0.786. The van der Waals surface area contributed by atoms with E-state index in [9.17, 15) is 9.90 Å². The van der Waals surface area contributed by atoms with E-state index in [1.54, 1.807) is 18.7 Å². The van der Waals surface area contributed by atoms with Crippen molar-refractivity contribution < 1.29 is 9.90 Å². The zero-order valence-electron chi connectivity index (χ0n) is 12.6. The highest BCUT2D eigenvalue weighted by atomic mass is 32.2. The molecule has 1 heterocycles. The third kappa shape index (κ3) is 5.23. The number of thioether (sulfide) groups is 1. The number of hydrogen-bond donors (Lipinski definition) is 2. The Hall–Kier alpha value is -0.660. The zero-order valence-corrected chi connectivity index (χ0v) is 14.2. The average Bonchev–Trinajstić information content (AvgIpc) is 3.13. The summed E-state index contributed by atoms with van der Waals surface area (Å²) < 4.78 is 5.28. The number of aromatic nitrogens is 2. The number of carboxylic acid groups (broad SMARTS) is 1. The first kappa shape index (κ1) is 16.7. The first-order chi connectivity index (χ1) is 10.0. The lowest BCUT2D eigenvalue weighted by molar-refractivity contribution is -0.144. The molecule has 0 bridgehead atoms. The van der Waals surface area contributed by atoms with E-state index < -0.39 is 11.5 Å². The Morgan fingerprint density at radius 3 is 2.86 bits per heavy atom. The minimum absolute atomic E-state index is 0.411. The van der Waals surface area contributed by atoms with E-state index in [-0.39, 0.29) is 0 Å². The summed E-state index contributed by atoms with van der Waals surface area (Å²) in [5, 5.41) is 12.6. The zero-order chi connectivity index (χ0) is 15.3. The normalized spacial score (nSPS) is 17.6. The third-order valence-corrected chi connectivity index (χ3v) is 5.59. The number of nitrogens with one attached hydrogen (secondary N) is 1. The maximum atomic E-state index is 11.4. The Morgan fingerprint density at radius 2 is 2.29 bits per heavy atom. The Kier molecular flexibility index (Phi) is 6.01. The summed E-state index contributed by atoms with van der Waals surface area (Å²) in [5.74, 6) is 1.14. The molecule has 1 aromatic heterocycles. The van der Waals surface area contributed by atoms with Gasteiger partial charge in [-0.05, 0) is 44.1 Å². The van der Waals surface area contributed by atoms with Gasteiger partial charge in [0.05, 0.1) is 0 Å². The van der Waals surface area contributed by atoms with E-state index >= 15 is 0 Å². The number of aryl methyl sites for hydroxylation is 1. The molecule has 1 atom stereocenters. The summed E-state index contributed by atoms with van der Waals surface area (Å²) in [6, 6.07) is 0.411. The van der Waals surface area contributed by atoms with Crippen LogP contribution < -0.4 is 5.32 Å². The maximum absolute atomic E-state index is 11.4. The number of unbranched alkanes of at least 4 members (excludes halogenated alkanes) is 1. The Morgan fingerprint density at radius 1 is 1.52 bits per heavy atom. The van der Waals surface area contributed by atoms with Crippen molar-refractivity contribution in [2.24, 2.45) is 0 Å². The monoisotopic (exact) mass is 329 g/mol. The van der Waals surface area contributed by atoms with E-state index in [0.717, 1.165) is 48.0 Å². The van der Waals surface area contributed by atoms with Crippen LogP contribution in [0.2, 0.25) is 0 Å². The van der Waals surface area contributed by atoms with Crippen molar-refractivity contribution in [2.45, 2.75) is 68.3 Å². The lowest BCUT2D eigenvalue weighted by Crippen LogP contribution is -2.50. The summed E-state index contributed by atoms with van der Waals surface area (Å²) in [6.45, 7) is 3.86. The van der Waals surface area contributed by atoms with Crippen LogP contribution in [0, 0.1) is 0 Å². The summed E-state index contributed by atoms with van der Waals surface area (Å²) in [6.07, 6.45) is 5.68. The summed E-state index contributed by atoms with van der Waals surface area (Å²) in [4.78, 5) is 15.8. The van der Waals surface area contributed by atoms with Gasteiger partial charge >= 0.3 is 5.97 Å². The lowest BCUT2D eigenvalue weighted by atomic mass is 9.95. The predicted octanol–water partition coefficient (Wildman–Crippen LogP) is 2.96. The number of aliphatic carboxylic acids is 1. The molecule has 1 aliphatic carbocycles. The Labute approximate surface area is 134 Å². The standard InChI is InChI=1S/C14H23N3O2S2/c1-3-11-15-13(21-17-11)20-9-5-4-8-14(2,12(18)19)16-10-6-7-10/h10,16H,3-9H2,1-2H3,(H,18,19). The molecule has 0 spiro atoms. The third-order valence-electron chi connectivity index (χ3n) is 3.63. The molecule has 1 aromatic rings. The maximum Gasteiger partial charge on any atom is 0.323 e. The predicted molar refractivity (Wildman–Crippen MR) is 86.1 cm³/mol. The van der Waals surface area contributed by atoms with Gasteiger partial charge in [-0.15, -0.1) is 0 Å². The van der Waals surface area contributed by atoms with Crippen molar-refractivity contribution >= 4 is 29.3 Å². The number of carbonyl (C=O) groups is 1. The van der Waals surface area contributed by atoms with Gasteiger partial charge in [0.25, 0.3) is 0 Å². The molecule has 2 rings (SSSR count). The minimum Gasteiger partial charge on any atom is -0.480 e. The summed E-state index contributed by atoms with van der Waals surface area (Å²) in [7, 11) is 0. The van der Waals surface area contributed by atoms with Gasteiger partial charge in [0.1, 0.15) is 11.4 Å². The molecule has 1 fully saturated rings. The molecular weight excluding hydrogens is 306 g/mol. The minimum atomic E-state index is -0.774. The number of carboxylic acids is 1. The number of rotatable bonds is 10. The molecule has 1 saturated carbocycles. The van der Waals surface area contributed by atoms with E-state index in [4.69, 9.17) is 0 Å². The summed E-state index contributed by atoms with van der Waals surface area (Å²) >= 11 is 3.17. The van der Waals surface area contributed by atoms with Crippen molar-refractivity contribution in [3.63, 3.8) is 0 Å². The molecule has 7 heteroatoms. The van der Waals surface area contributed by atoms with Crippen LogP contribution in [0.1, 0.15) is 51.8 Å². The van der Waals surface area contributed by atoms with Crippen molar-refractivity contribution in [1.82, 2.24) is 14.7 Å². The van der Waals surface area contributed by atoms with Crippen LogP contribution in [-0.2, 0) is 11.2 Å². The molecule has 0 saturated heterocycles. The second-order valence-electron chi connectivity index (χ2n) is 5.69. The molecule has 1 unspecified atom stereocenters. The molecule has 5 nitrogen and oxygen atoms in total.